The maximum Gasteiger partial charge on any atom is 0.331 e. The largest absolute Gasteiger partial charge is 0.494 e. The molecule has 0 saturated heterocycles. The number of nitrogens with one attached hydrogen (secondary N) is 1. The fourth-order valence-electron chi connectivity index (χ4n) is 1.72. The Morgan fingerprint density at radius 3 is 2.50 bits per heavy atom. The molecule has 0 spiro atoms. The topological polar surface area (TPSA) is 134 Å². The Hall–Kier alpha value is -3.43. The number of non-ortho nitro benzene ring substituents is 1. The van der Waals surface area contributed by atoms with Crippen molar-refractivity contribution in [3.8, 4) is 5.75 Å². The van der Waals surface area contributed by atoms with E-state index in [2.05, 4.69) is 10.1 Å². The highest BCUT2D eigenvalue weighted by Crippen LogP contribution is 2.29. The summed E-state index contributed by atoms with van der Waals surface area (Å²) in [5, 5.41) is 13.2. The van der Waals surface area contributed by atoms with E-state index in [1.807, 2.05) is 0 Å². The lowest BCUT2D eigenvalue weighted by molar-refractivity contribution is -0.384. The van der Waals surface area contributed by atoms with Crippen molar-refractivity contribution in [2.45, 2.75) is 20.0 Å². The van der Waals surface area contributed by atoms with E-state index in [4.69, 9.17) is 9.47 Å². The third-order valence-corrected chi connectivity index (χ3v) is 2.96. The first-order valence-electron chi connectivity index (χ1n) is 7.47. The van der Waals surface area contributed by atoms with E-state index < -0.39 is 28.9 Å². The summed E-state index contributed by atoms with van der Waals surface area (Å²) in [6, 6.07) is 3.63. The standard InChI is InChI=1S/C16H18N2O8/c1-4-25-14(19)7-8-15(20)26-10(2)16(21)17-12-6-5-11(18(22)23)9-13(12)24-3/h5-10H,4H2,1-3H3,(H,17,21)/b8-7+/t10-/m1/s1. The van der Waals surface area contributed by atoms with Gasteiger partial charge < -0.3 is 19.5 Å². The number of nitro groups is 1. The summed E-state index contributed by atoms with van der Waals surface area (Å²) >= 11 is 0. The van der Waals surface area contributed by atoms with Crippen LogP contribution in [0.5, 0.6) is 5.75 Å². The summed E-state index contributed by atoms with van der Waals surface area (Å²) in [5.74, 6) is -2.23. The molecule has 10 heteroatoms. The molecular weight excluding hydrogens is 348 g/mol. The average Bonchev–Trinajstić information content (AvgIpc) is 2.60. The van der Waals surface area contributed by atoms with Crippen LogP contribution in [0.1, 0.15) is 13.8 Å². The van der Waals surface area contributed by atoms with E-state index in [1.165, 1.54) is 26.2 Å². The fraction of sp³-hybridized carbons (Fsp3) is 0.312. The van der Waals surface area contributed by atoms with Gasteiger partial charge in [0.15, 0.2) is 6.10 Å². The first kappa shape index (κ1) is 20.6. The summed E-state index contributed by atoms with van der Waals surface area (Å²) < 4.78 is 14.5. The van der Waals surface area contributed by atoms with Crippen LogP contribution in [-0.4, -0.2) is 42.6 Å². The van der Waals surface area contributed by atoms with Gasteiger partial charge in [0.05, 0.1) is 30.4 Å². The highest BCUT2D eigenvalue weighted by atomic mass is 16.6. The molecule has 140 valence electrons. The molecule has 0 heterocycles. The van der Waals surface area contributed by atoms with Crippen LogP contribution in [-0.2, 0) is 23.9 Å². The first-order valence-corrected chi connectivity index (χ1v) is 7.47. The minimum atomic E-state index is -1.19. The molecule has 0 aliphatic carbocycles. The molecule has 1 aromatic carbocycles. The number of anilines is 1. The van der Waals surface area contributed by atoms with Gasteiger partial charge >= 0.3 is 11.9 Å². The molecule has 1 N–H and O–H groups in total. The zero-order valence-corrected chi connectivity index (χ0v) is 14.4. The monoisotopic (exact) mass is 366 g/mol. The first-order chi connectivity index (χ1) is 12.3. The number of rotatable bonds is 8. The number of ether oxygens (including phenoxy) is 3. The molecule has 1 rings (SSSR count). The molecule has 10 nitrogen and oxygen atoms in total. The quantitative estimate of drug-likeness (QED) is 0.317. The molecular formula is C16H18N2O8. The molecule has 0 saturated carbocycles. The van der Waals surface area contributed by atoms with Crippen molar-refractivity contribution >= 4 is 29.2 Å². The van der Waals surface area contributed by atoms with E-state index in [9.17, 15) is 24.5 Å². The Labute approximate surface area is 148 Å². The van der Waals surface area contributed by atoms with Crippen LogP contribution in [0.25, 0.3) is 0 Å². The van der Waals surface area contributed by atoms with Crippen LogP contribution >= 0.6 is 0 Å². The number of carbonyl (C=O) groups is 3. The number of nitro benzene ring substituents is 1. The fourth-order valence-corrected chi connectivity index (χ4v) is 1.72. The Balaban J connectivity index is 2.71. The number of hydrogen-bond donors (Lipinski definition) is 1. The lowest BCUT2D eigenvalue weighted by Gasteiger charge is -2.14. The van der Waals surface area contributed by atoms with Crippen LogP contribution in [0, 0.1) is 10.1 Å². The Morgan fingerprint density at radius 2 is 1.92 bits per heavy atom. The molecule has 26 heavy (non-hydrogen) atoms. The minimum absolute atomic E-state index is 0.0771. The maximum atomic E-state index is 12.1. The van der Waals surface area contributed by atoms with E-state index in [1.54, 1.807) is 6.92 Å². The van der Waals surface area contributed by atoms with Crippen molar-refractivity contribution in [1.29, 1.82) is 0 Å². The van der Waals surface area contributed by atoms with Crippen LogP contribution in [0.4, 0.5) is 11.4 Å². The zero-order chi connectivity index (χ0) is 19.7. The van der Waals surface area contributed by atoms with Gasteiger partial charge in [0.2, 0.25) is 0 Å². The molecule has 0 aliphatic heterocycles. The molecule has 1 aromatic rings. The van der Waals surface area contributed by atoms with Crippen molar-refractivity contribution in [2.24, 2.45) is 0 Å². The summed E-state index contributed by atoms with van der Waals surface area (Å²) in [7, 11) is 1.29. The van der Waals surface area contributed by atoms with Crippen LogP contribution < -0.4 is 10.1 Å². The smallest absolute Gasteiger partial charge is 0.331 e. The average molecular weight is 366 g/mol. The maximum absolute atomic E-state index is 12.1. The van der Waals surface area contributed by atoms with E-state index in [0.29, 0.717) is 0 Å². The van der Waals surface area contributed by atoms with Crippen molar-refractivity contribution in [3.05, 3.63) is 40.5 Å². The lowest BCUT2D eigenvalue weighted by atomic mass is 10.2. The number of methoxy groups -OCH3 is 1. The van der Waals surface area contributed by atoms with Gasteiger partial charge in [0, 0.05) is 18.2 Å². The van der Waals surface area contributed by atoms with Gasteiger partial charge in [0.1, 0.15) is 5.75 Å². The SMILES string of the molecule is CCOC(=O)/C=C/C(=O)O[C@H](C)C(=O)Nc1ccc([N+](=O)[O-])cc1OC. The highest BCUT2D eigenvalue weighted by Gasteiger charge is 2.19. The van der Waals surface area contributed by atoms with E-state index in [0.717, 1.165) is 18.2 Å². The summed E-state index contributed by atoms with van der Waals surface area (Å²) in [6.45, 7) is 3.10. The summed E-state index contributed by atoms with van der Waals surface area (Å²) in [6.07, 6.45) is 0.540. The van der Waals surface area contributed by atoms with E-state index in [-0.39, 0.29) is 23.7 Å². The highest BCUT2D eigenvalue weighted by molar-refractivity contribution is 5.98. The zero-order valence-electron chi connectivity index (χ0n) is 14.4. The van der Waals surface area contributed by atoms with Crippen molar-refractivity contribution in [2.75, 3.05) is 19.0 Å². The normalized spacial score (nSPS) is 11.5. The predicted octanol–water partition coefficient (Wildman–Crippen LogP) is 1.59. The van der Waals surface area contributed by atoms with Gasteiger partial charge in [-0.3, -0.25) is 14.9 Å². The molecule has 1 atom stereocenters. The number of carbonyl (C=O) groups excluding carboxylic acids is 3. The number of esters is 2. The lowest BCUT2D eigenvalue weighted by Crippen LogP contribution is -2.29. The number of hydrogen-bond acceptors (Lipinski definition) is 8. The van der Waals surface area contributed by atoms with Gasteiger partial charge in [-0.15, -0.1) is 0 Å². The summed E-state index contributed by atoms with van der Waals surface area (Å²) in [5.41, 5.74) is -0.0310. The van der Waals surface area contributed by atoms with Crippen molar-refractivity contribution in [3.63, 3.8) is 0 Å². The third-order valence-electron chi connectivity index (χ3n) is 2.96. The Morgan fingerprint density at radius 1 is 1.27 bits per heavy atom. The Bertz CT molecular complexity index is 729. The van der Waals surface area contributed by atoms with Crippen LogP contribution in [0.15, 0.2) is 30.4 Å². The van der Waals surface area contributed by atoms with Gasteiger partial charge in [-0.1, -0.05) is 0 Å². The summed E-state index contributed by atoms with van der Waals surface area (Å²) in [4.78, 5) is 44.9. The van der Waals surface area contributed by atoms with Crippen LogP contribution in [0.3, 0.4) is 0 Å². The van der Waals surface area contributed by atoms with Crippen molar-refractivity contribution < 1.29 is 33.5 Å². The number of amides is 1. The van der Waals surface area contributed by atoms with E-state index >= 15 is 0 Å². The third kappa shape index (κ3) is 6.23. The molecule has 0 aromatic heterocycles. The van der Waals surface area contributed by atoms with Gasteiger partial charge in [-0.2, -0.15) is 0 Å². The molecule has 0 unspecified atom stereocenters. The molecule has 1 amide bonds. The Kier molecular flexibility index (Phi) is 7.74. The second-order valence-corrected chi connectivity index (χ2v) is 4.80. The second kappa shape index (κ2) is 9.77. The molecule has 0 aliphatic rings. The minimum Gasteiger partial charge on any atom is -0.494 e. The van der Waals surface area contributed by atoms with Gasteiger partial charge in [0.25, 0.3) is 11.6 Å². The molecule has 0 fully saturated rings. The predicted molar refractivity (Wildman–Crippen MR) is 89.6 cm³/mol. The molecule has 0 bridgehead atoms. The molecule has 0 radical (unpaired) electrons. The number of benzene rings is 1. The second-order valence-electron chi connectivity index (χ2n) is 4.80. The van der Waals surface area contributed by atoms with Crippen molar-refractivity contribution in [1.82, 2.24) is 0 Å². The van der Waals surface area contributed by atoms with Gasteiger partial charge in [-0.05, 0) is 19.9 Å². The van der Waals surface area contributed by atoms with Crippen LogP contribution in [0.2, 0.25) is 0 Å². The van der Waals surface area contributed by atoms with Gasteiger partial charge in [-0.25, -0.2) is 9.59 Å². The number of nitrogens with zero attached hydrogens (tertiary/aromatic N) is 1.